The topological polar surface area (TPSA) is 127 Å². The van der Waals surface area contributed by atoms with Crippen LogP contribution in [-0.4, -0.2) is 45.4 Å². The summed E-state index contributed by atoms with van der Waals surface area (Å²) < 4.78 is 59.1. The molecule has 10 heteroatoms. The number of nitrogen functional groups attached to an aromatic ring is 1. The van der Waals surface area contributed by atoms with Gasteiger partial charge in [0.05, 0.1) is 11.0 Å². The Balaban J connectivity index is 2.85. The van der Waals surface area contributed by atoms with E-state index in [-0.39, 0.29) is 11.4 Å². The highest BCUT2D eigenvalue weighted by Crippen LogP contribution is 2.16. The first kappa shape index (κ1) is 16.9. The number of hydrogen-bond acceptors (Lipinski definition) is 6. The second kappa shape index (κ2) is 6.06. The van der Waals surface area contributed by atoms with Crippen LogP contribution in [0.3, 0.4) is 0 Å². The third kappa shape index (κ3) is 4.72. The second-order valence-corrected chi connectivity index (χ2v) is 7.28. The van der Waals surface area contributed by atoms with Crippen molar-refractivity contribution in [2.75, 3.05) is 19.3 Å². The van der Waals surface area contributed by atoms with Crippen LogP contribution < -0.4 is 5.73 Å². The average molecular weight is 324 g/mol. The molecule has 8 nitrogen and oxygen atoms in total. The molecule has 0 heterocycles. The number of hydrogen-bond donors (Lipinski definition) is 2. The molecule has 0 radical (unpaired) electrons. The number of anilines is 1. The van der Waals surface area contributed by atoms with Gasteiger partial charge >= 0.3 is 10.4 Å². The fourth-order valence-corrected chi connectivity index (χ4v) is 3.24. The lowest BCUT2D eigenvalue weighted by molar-refractivity contribution is 0.177. The molecule has 0 saturated heterocycles. The van der Waals surface area contributed by atoms with Gasteiger partial charge in [0.1, 0.15) is 0 Å². The van der Waals surface area contributed by atoms with Gasteiger partial charge in [0.25, 0.3) is 0 Å². The molecule has 1 rings (SSSR count). The van der Waals surface area contributed by atoms with E-state index in [0.717, 1.165) is 4.31 Å². The third-order valence-electron chi connectivity index (χ3n) is 2.39. The van der Waals surface area contributed by atoms with Gasteiger partial charge in [-0.2, -0.15) is 12.7 Å². The first-order valence-corrected chi connectivity index (χ1v) is 8.30. The summed E-state index contributed by atoms with van der Waals surface area (Å²) in [7, 11) is -7.13. The van der Waals surface area contributed by atoms with Crippen molar-refractivity contribution in [2.45, 2.75) is 17.9 Å². The van der Waals surface area contributed by atoms with Gasteiger partial charge in [-0.25, -0.2) is 12.6 Å². The molecule has 0 amide bonds. The summed E-state index contributed by atoms with van der Waals surface area (Å²) >= 11 is 0. The van der Waals surface area contributed by atoms with E-state index in [0.29, 0.717) is 5.69 Å². The van der Waals surface area contributed by atoms with Crippen LogP contribution in [0, 0.1) is 0 Å². The van der Waals surface area contributed by atoms with Crippen molar-refractivity contribution in [3.05, 3.63) is 24.3 Å². The predicted molar refractivity (Wildman–Crippen MR) is 72.8 cm³/mol. The Morgan fingerprint density at radius 3 is 2.20 bits per heavy atom. The molecule has 0 spiro atoms. The molecule has 1 atom stereocenters. The van der Waals surface area contributed by atoms with E-state index in [1.165, 1.54) is 38.2 Å². The number of benzene rings is 1. The molecule has 0 aliphatic rings. The molecule has 0 bridgehead atoms. The number of likely N-dealkylation sites (N-methyl/N-ethyl adjacent to an activating group) is 1. The molecule has 1 aromatic carbocycles. The summed E-state index contributed by atoms with van der Waals surface area (Å²) in [6, 6.07) is 5.57. The van der Waals surface area contributed by atoms with Crippen LogP contribution in [0.15, 0.2) is 29.2 Å². The van der Waals surface area contributed by atoms with Crippen molar-refractivity contribution in [2.24, 2.45) is 0 Å². The molecule has 114 valence electrons. The zero-order chi connectivity index (χ0) is 15.6. The summed E-state index contributed by atoms with van der Waals surface area (Å²) in [6.07, 6.45) is -1.03. The number of rotatable bonds is 6. The molecule has 0 fully saturated rings. The molecular formula is C10H16N2O6S2. The van der Waals surface area contributed by atoms with Crippen LogP contribution in [0.1, 0.15) is 6.92 Å². The van der Waals surface area contributed by atoms with Crippen LogP contribution in [0.4, 0.5) is 5.69 Å². The summed E-state index contributed by atoms with van der Waals surface area (Å²) in [5.41, 5.74) is 5.90. The molecule has 0 aromatic heterocycles. The largest absolute Gasteiger partial charge is 0.399 e. The first-order valence-electron chi connectivity index (χ1n) is 5.50. The van der Waals surface area contributed by atoms with E-state index in [4.69, 9.17) is 10.3 Å². The summed E-state index contributed by atoms with van der Waals surface area (Å²) in [5.74, 6) is 0. The maximum Gasteiger partial charge on any atom is 0.397 e. The van der Waals surface area contributed by atoms with Crippen molar-refractivity contribution in [3.63, 3.8) is 0 Å². The van der Waals surface area contributed by atoms with Gasteiger partial charge in [0, 0.05) is 19.3 Å². The number of nitrogens with zero attached hydrogens (tertiary/aromatic N) is 1. The maximum atomic E-state index is 12.2. The summed E-state index contributed by atoms with van der Waals surface area (Å²) in [5, 5.41) is 0. The molecule has 1 aromatic rings. The van der Waals surface area contributed by atoms with Crippen molar-refractivity contribution >= 4 is 26.1 Å². The molecule has 1 unspecified atom stereocenters. The Morgan fingerprint density at radius 1 is 1.25 bits per heavy atom. The lowest BCUT2D eigenvalue weighted by Gasteiger charge is -2.20. The average Bonchev–Trinajstić information content (AvgIpc) is 2.26. The van der Waals surface area contributed by atoms with Crippen LogP contribution in [-0.2, 0) is 24.6 Å². The normalized spacial score (nSPS) is 14.4. The van der Waals surface area contributed by atoms with Gasteiger partial charge in [-0.05, 0) is 31.2 Å². The summed E-state index contributed by atoms with van der Waals surface area (Å²) in [6.45, 7) is 1.08. The van der Waals surface area contributed by atoms with E-state index >= 15 is 0 Å². The Bertz CT molecular complexity index is 653. The first-order chi connectivity index (χ1) is 9.02. The van der Waals surface area contributed by atoms with Gasteiger partial charge in [0.2, 0.25) is 10.0 Å². The van der Waals surface area contributed by atoms with Crippen LogP contribution in [0.25, 0.3) is 0 Å². The lowest BCUT2D eigenvalue weighted by Crippen LogP contribution is -2.35. The molecular weight excluding hydrogens is 308 g/mol. The SMILES string of the molecule is CC(CN(C)S(=O)(=O)c1ccc(N)cc1)OS(=O)(=O)O. The molecule has 0 aliphatic carbocycles. The molecule has 0 saturated carbocycles. The molecule has 0 aliphatic heterocycles. The van der Waals surface area contributed by atoms with Gasteiger partial charge < -0.3 is 5.73 Å². The van der Waals surface area contributed by atoms with Crippen LogP contribution in [0.2, 0.25) is 0 Å². The van der Waals surface area contributed by atoms with E-state index in [1.807, 2.05) is 0 Å². The van der Waals surface area contributed by atoms with Gasteiger partial charge in [-0.1, -0.05) is 0 Å². The Labute approximate surface area is 118 Å². The lowest BCUT2D eigenvalue weighted by atomic mass is 10.3. The minimum Gasteiger partial charge on any atom is -0.399 e. The van der Waals surface area contributed by atoms with Gasteiger partial charge in [0.15, 0.2) is 0 Å². The smallest absolute Gasteiger partial charge is 0.397 e. The standard InChI is InChI=1S/C10H16N2O6S2/c1-8(18-20(15,16)17)7-12(2)19(13,14)10-5-3-9(11)4-6-10/h3-6,8H,7,11H2,1-2H3,(H,15,16,17). The van der Waals surface area contributed by atoms with Crippen molar-refractivity contribution in [1.82, 2.24) is 4.31 Å². The highest BCUT2D eigenvalue weighted by atomic mass is 32.3. The van der Waals surface area contributed by atoms with Gasteiger partial charge in [-0.15, -0.1) is 0 Å². The molecule has 20 heavy (non-hydrogen) atoms. The fraction of sp³-hybridized carbons (Fsp3) is 0.400. The van der Waals surface area contributed by atoms with E-state index in [2.05, 4.69) is 4.18 Å². The highest BCUT2D eigenvalue weighted by molar-refractivity contribution is 7.89. The second-order valence-electron chi connectivity index (χ2n) is 4.19. The van der Waals surface area contributed by atoms with Crippen LogP contribution in [0.5, 0.6) is 0 Å². The van der Waals surface area contributed by atoms with Gasteiger partial charge in [-0.3, -0.25) is 4.55 Å². The Kier molecular flexibility index (Phi) is 5.10. The number of nitrogens with two attached hydrogens (primary N) is 1. The van der Waals surface area contributed by atoms with Crippen LogP contribution >= 0.6 is 0 Å². The Hall–Kier alpha value is -1.20. The Morgan fingerprint density at radius 2 is 1.75 bits per heavy atom. The monoisotopic (exact) mass is 324 g/mol. The van der Waals surface area contributed by atoms with Crippen molar-refractivity contribution < 1.29 is 25.6 Å². The predicted octanol–water partition coefficient (Wildman–Crippen LogP) is 0.0972. The minimum atomic E-state index is -4.62. The van der Waals surface area contributed by atoms with E-state index < -0.39 is 26.5 Å². The highest BCUT2D eigenvalue weighted by Gasteiger charge is 2.24. The maximum absolute atomic E-state index is 12.2. The fourth-order valence-electron chi connectivity index (χ4n) is 1.52. The van der Waals surface area contributed by atoms with Crippen molar-refractivity contribution in [3.8, 4) is 0 Å². The third-order valence-corrected chi connectivity index (χ3v) is 4.80. The zero-order valence-corrected chi connectivity index (χ0v) is 12.6. The summed E-state index contributed by atoms with van der Waals surface area (Å²) in [4.78, 5) is 0.0215. The zero-order valence-electron chi connectivity index (χ0n) is 10.9. The number of sulfonamides is 1. The quantitative estimate of drug-likeness (QED) is 0.561. The minimum absolute atomic E-state index is 0.0215. The molecule has 3 N–H and O–H groups in total. The van der Waals surface area contributed by atoms with Crippen molar-refractivity contribution in [1.29, 1.82) is 0 Å². The van der Waals surface area contributed by atoms with E-state index in [1.54, 1.807) is 0 Å². The van der Waals surface area contributed by atoms with E-state index in [9.17, 15) is 16.8 Å².